The number of nitrogens with zero attached hydrogens (tertiary/aromatic N) is 4. The number of ether oxygens (including phenoxy) is 1. The Hall–Kier alpha value is -1.58. The summed E-state index contributed by atoms with van der Waals surface area (Å²) in [5, 5.41) is 20.9. The summed E-state index contributed by atoms with van der Waals surface area (Å²) in [7, 11) is -10.1. The highest BCUT2D eigenvalue weighted by molar-refractivity contribution is 7.61. The second-order valence-electron chi connectivity index (χ2n) is 11.7. The summed E-state index contributed by atoms with van der Waals surface area (Å²) in [6.45, 7) is 1.26. The van der Waals surface area contributed by atoms with E-state index in [1.807, 2.05) is 0 Å². The highest BCUT2D eigenvalue weighted by Crippen LogP contribution is 2.60. The number of phosphoric acid groups is 2. The van der Waals surface area contributed by atoms with Crippen LogP contribution >= 0.6 is 15.6 Å². The van der Waals surface area contributed by atoms with Gasteiger partial charge in [-0.25, -0.2) is 14.1 Å². The molecule has 1 saturated heterocycles. The van der Waals surface area contributed by atoms with E-state index in [-0.39, 0.29) is 23.6 Å². The number of anilines is 1. The molecule has 0 radical (unpaired) electrons. The van der Waals surface area contributed by atoms with E-state index < -0.39 is 52.9 Å². The standard InChI is InChI=1S/C28H50FN5O10P2/c1-2-3-4-5-6-7-8-9-10-11-12-13-14-15-16-17-18-41-45(37,38)44-46(39,40)42-19-21-23(35)24(36)27(43-21)34-20-31-22-25(30)32-28(29)33-26(22)34/h20-21,23-24,27,35-36H,2-19H2,1H3,(H,37,38)(H,39,40)(H2,30,32,33)/t21-,23-,24+,27-/m1/s1. The van der Waals surface area contributed by atoms with Gasteiger partial charge in [-0.1, -0.05) is 103 Å². The lowest BCUT2D eigenvalue weighted by Gasteiger charge is -2.19. The summed E-state index contributed by atoms with van der Waals surface area (Å²) in [6.07, 6.45) is 12.8. The van der Waals surface area contributed by atoms with Crippen molar-refractivity contribution in [3.63, 3.8) is 0 Å². The van der Waals surface area contributed by atoms with Crippen LogP contribution in [0.3, 0.4) is 0 Å². The van der Waals surface area contributed by atoms with E-state index in [2.05, 4.69) is 26.2 Å². The summed E-state index contributed by atoms with van der Waals surface area (Å²) in [6, 6.07) is 0. The summed E-state index contributed by atoms with van der Waals surface area (Å²) in [5.41, 5.74) is 5.54. The van der Waals surface area contributed by atoms with Gasteiger partial charge in [0.15, 0.2) is 23.2 Å². The van der Waals surface area contributed by atoms with E-state index in [0.717, 1.165) is 36.6 Å². The minimum atomic E-state index is -5.15. The largest absolute Gasteiger partial charge is 0.481 e. The van der Waals surface area contributed by atoms with Crippen molar-refractivity contribution in [3.8, 4) is 0 Å². The molecule has 0 aromatic carbocycles. The fourth-order valence-electron chi connectivity index (χ4n) is 5.37. The first-order chi connectivity index (χ1) is 21.9. The number of aliphatic hydroxyl groups excluding tert-OH is 2. The number of aliphatic hydroxyl groups is 2. The van der Waals surface area contributed by atoms with E-state index in [1.165, 1.54) is 70.6 Å². The molecule has 264 valence electrons. The van der Waals surface area contributed by atoms with E-state index in [9.17, 15) is 33.5 Å². The number of unbranched alkanes of at least 4 members (excludes halogenated alkanes) is 15. The zero-order valence-corrected chi connectivity index (χ0v) is 28.3. The molecular formula is C28H50FN5O10P2. The van der Waals surface area contributed by atoms with Crippen LogP contribution in [-0.2, 0) is 27.2 Å². The summed E-state index contributed by atoms with van der Waals surface area (Å²) >= 11 is 0. The molecule has 0 amide bonds. The number of hydrogen-bond donors (Lipinski definition) is 5. The first-order valence-corrected chi connectivity index (χ1v) is 19.3. The van der Waals surface area contributed by atoms with Crippen LogP contribution in [0.1, 0.15) is 116 Å². The van der Waals surface area contributed by atoms with Crippen LogP contribution < -0.4 is 5.73 Å². The molecular weight excluding hydrogens is 647 g/mol. The Morgan fingerprint density at radius 2 is 1.37 bits per heavy atom. The van der Waals surface area contributed by atoms with Crippen molar-refractivity contribution in [2.24, 2.45) is 0 Å². The van der Waals surface area contributed by atoms with Gasteiger partial charge in [-0.05, 0) is 6.42 Å². The van der Waals surface area contributed by atoms with E-state index in [1.54, 1.807) is 0 Å². The number of hydrogen-bond acceptors (Lipinski definition) is 12. The number of aromatic nitrogens is 4. The third kappa shape index (κ3) is 12.8. The minimum Gasteiger partial charge on any atom is -0.387 e. The molecule has 2 unspecified atom stereocenters. The van der Waals surface area contributed by atoms with E-state index in [0.29, 0.717) is 6.42 Å². The summed E-state index contributed by atoms with van der Waals surface area (Å²) in [5.74, 6) is -0.252. The predicted molar refractivity (Wildman–Crippen MR) is 168 cm³/mol. The molecule has 1 fully saturated rings. The van der Waals surface area contributed by atoms with Gasteiger partial charge < -0.3 is 30.5 Å². The van der Waals surface area contributed by atoms with Gasteiger partial charge in [-0.2, -0.15) is 18.7 Å². The average molecular weight is 698 g/mol. The lowest BCUT2D eigenvalue weighted by atomic mass is 10.0. The fourth-order valence-corrected chi connectivity index (χ4v) is 7.48. The van der Waals surface area contributed by atoms with Gasteiger partial charge in [0.1, 0.15) is 18.3 Å². The Labute approximate surface area is 269 Å². The second-order valence-corrected chi connectivity index (χ2v) is 14.7. The Morgan fingerprint density at radius 1 is 0.848 bits per heavy atom. The number of nitrogens with two attached hydrogens (primary N) is 1. The van der Waals surface area contributed by atoms with Crippen LogP contribution in [-0.4, -0.2) is 71.0 Å². The number of nitrogen functional groups attached to an aromatic ring is 1. The number of rotatable bonds is 24. The quantitative estimate of drug-likeness (QED) is 0.0506. The molecule has 1 aliphatic rings. The third-order valence-electron chi connectivity index (χ3n) is 7.89. The molecule has 3 rings (SSSR count). The van der Waals surface area contributed by atoms with Crippen molar-refractivity contribution in [2.45, 2.75) is 134 Å². The van der Waals surface area contributed by atoms with Crippen LogP contribution in [0.4, 0.5) is 10.2 Å². The van der Waals surface area contributed by atoms with Crippen LogP contribution in [0.5, 0.6) is 0 Å². The molecule has 15 nitrogen and oxygen atoms in total. The van der Waals surface area contributed by atoms with Crippen molar-refractivity contribution in [1.82, 2.24) is 19.5 Å². The SMILES string of the molecule is CCCCCCCCCCCCCCCCCCOP(=O)(O)OP(=O)(O)OC[C@H]1O[C@@H](n2cnc3c(N)nc(F)nc32)[C@@H](O)[C@@H]1O. The van der Waals surface area contributed by atoms with Gasteiger partial charge >= 0.3 is 21.7 Å². The Kier molecular flexibility index (Phi) is 16.4. The molecule has 3 heterocycles. The predicted octanol–water partition coefficient (Wildman–Crippen LogP) is 5.68. The third-order valence-corrected chi connectivity index (χ3v) is 10.5. The fraction of sp³-hybridized carbons (Fsp3) is 0.821. The lowest BCUT2D eigenvalue weighted by molar-refractivity contribution is -0.0504. The van der Waals surface area contributed by atoms with Gasteiger partial charge in [0.2, 0.25) is 0 Å². The molecule has 1 aliphatic heterocycles. The summed E-state index contributed by atoms with van der Waals surface area (Å²) < 4.78 is 58.8. The second kappa shape index (κ2) is 19.4. The molecule has 2 aromatic rings. The normalized spacial score (nSPS) is 22.7. The van der Waals surface area contributed by atoms with Gasteiger partial charge in [-0.15, -0.1) is 0 Å². The zero-order chi connectivity index (χ0) is 33.6. The number of halogens is 1. The number of fused-ring (bicyclic) bond motifs is 1. The smallest absolute Gasteiger partial charge is 0.387 e. The van der Waals surface area contributed by atoms with Crippen molar-refractivity contribution in [2.75, 3.05) is 18.9 Å². The van der Waals surface area contributed by atoms with Crippen molar-refractivity contribution >= 4 is 32.6 Å². The topological polar surface area (TPSA) is 222 Å². The molecule has 18 heteroatoms. The van der Waals surface area contributed by atoms with Crippen LogP contribution in [0.15, 0.2) is 6.33 Å². The molecule has 0 spiro atoms. The molecule has 0 aliphatic carbocycles. The highest BCUT2D eigenvalue weighted by Gasteiger charge is 2.46. The maximum atomic E-state index is 13.7. The van der Waals surface area contributed by atoms with Gasteiger partial charge in [0.25, 0.3) is 0 Å². The molecule has 6 N–H and O–H groups in total. The highest BCUT2D eigenvalue weighted by atomic mass is 31.3. The molecule has 6 atom stereocenters. The first-order valence-electron chi connectivity index (χ1n) is 16.3. The van der Waals surface area contributed by atoms with E-state index >= 15 is 0 Å². The Morgan fingerprint density at radius 3 is 1.93 bits per heavy atom. The maximum absolute atomic E-state index is 13.7. The Bertz CT molecular complexity index is 1290. The average Bonchev–Trinajstić information content (AvgIpc) is 3.53. The first kappa shape index (κ1) is 38.9. The molecule has 46 heavy (non-hydrogen) atoms. The van der Waals surface area contributed by atoms with Crippen LogP contribution in [0, 0.1) is 6.08 Å². The minimum absolute atomic E-state index is 0.0259. The molecule has 2 aromatic heterocycles. The van der Waals surface area contributed by atoms with Gasteiger partial charge in [0.05, 0.1) is 19.5 Å². The summed E-state index contributed by atoms with van der Waals surface area (Å²) in [4.78, 5) is 30.8. The molecule has 0 bridgehead atoms. The Balaban J connectivity index is 1.27. The number of phosphoric ester groups is 2. The zero-order valence-electron chi connectivity index (χ0n) is 26.5. The van der Waals surface area contributed by atoms with Crippen LogP contribution in [0.2, 0.25) is 0 Å². The number of imidazole rings is 1. The van der Waals surface area contributed by atoms with Crippen molar-refractivity contribution < 1.29 is 51.6 Å². The van der Waals surface area contributed by atoms with Gasteiger partial charge in [0, 0.05) is 0 Å². The lowest BCUT2D eigenvalue weighted by Crippen LogP contribution is -2.33. The van der Waals surface area contributed by atoms with Crippen molar-refractivity contribution in [1.29, 1.82) is 0 Å². The van der Waals surface area contributed by atoms with Crippen LogP contribution in [0.25, 0.3) is 11.2 Å². The van der Waals surface area contributed by atoms with E-state index in [4.69, 9.17) is 19.5 Å². The monoisotopic (exact) mass is 697 g/mol. The maximum Gasteiger partial charge on any atom is 0.481 e. The van der Waals surface area contributed by atoms with Gasteiger partial charge in [-0.3, -0.25) is 13.6 Å². The van der Waals surface area contributed by atoms with Crippen molar-refractivity contribution in [3.05, 3.63) is 12.4 Å². The molecule has 0 saturated carbocycles.